The summed E-state index contributed by atoms with van der Waals surface area (Å²) in [7, 11) is 0. The summed E-state index contributed by atoms with van der Waals surface area (Å²) in [5.74, 6) is 1.32. The highest BCUT2D eigenvalue weighted by atomic mass is 35.5. The van der Waals surface area contributed by atoms with Crippen LogP contribution in [-0.2, 0) is 10.9 Å². The molecule has 3 aromatic rings. The maximum absolute atomic E-state index is 13.4. The van der Waals surface area contributed by atoms with Gasteiger partial charge in [-0.1, -0.05) is 23.7 Å². The van der Waals surface area contributed by atoms with Gasteiger partial charge in [-0.15, -0.1) is 0 Å². The van der Waals surface area contributed by atoms with Gasteiger partial charge in [-0.25, -0.2) is 0 Å². The molecule has 0 bridgehead atoms. The molecule has 0 saturated carbocycles. The molecule has 5 rings (SSSR count). The van der Waals surface area contributed by atoms with Gasteiger partial charge >= 0.3 is 6.18 Å². The zero-order valence-corrected chi connectivity index (χ0v) is 20.9. The Morgan fingerprint density at radius 3 is 2.22 bits per heavy atom. The average Bonchev–Trinajstić information content (AvgIpc) is 3.34. The monoisotopic (exact) mass is 529 g/mol. The molecular weight excluding hydrogens is 503 g/mol. The second kappa shape index (κ2) is 11.0. The van der Waals surface area contributed by atoms with Crippen LogP contribution in [0.5, 0.6) is 11.5 Å². The van der Waals surface area contributed by atoms with Gasteiger partial charge in [0.15, 0.2) is 0 Å². The minimum absolute atomic E-state index is 0.519. The fourth-order valence-corrected chi connectivity index (χ4v) is 4.54. The molecule has 0 aliphatic carbocycles. The predicted molar refractivity (Wildman–Crippen MR) is 139 cm³/mol. The third kappa shape index (κ3) is 6.39. The minimum atomic E-state index is -4.41. The summed E-state index contributed by atoms with van der Waals surface area (Å²) in [4.78, 5) is 6.51. The van der Waals surface area contributed by atoms with Crippen LogP contribution in [0, 0.1) is 0 Å². The van der Waals surface area contributed by atoms with E-state index in [1.807, 2.05) is 35.4 Å². The number of morpholine rings is 1. The van der Waals surface area contributed by atoms with Crippen molar-refractivity contribution >= 4 is 23.0 Å². The molecule has 1 fully saturated rings. The fourth-order valence-electron chi connectivity index (χ4n) is 4.41. The summed E-state index contributed by atoms with van der Waals surface area (Å²) in [5, 5.41) is 0.629. The molecule has 0 atom stereocenters. The molecule has 2 aliphatic rings. The Morgan fingerprint density at radius 2 is 1.54 bits per heavy atom. The van der Waals surface area contributed by atoms with E-state index in [0.29, 0.717) is 28.8 Å². The molecule has 194 valence electrons. The second-order valence-corrected chi connectivity index (χ2v) is 9.42. The minimum Gasteiger partial charge on any atom is -0.457 e. The predicted octanol–water partition coefficient (Wildman–Crippen LogP) is 6.56. The fraction of sp³-hybridized carbons (Fsp3) is 0.286. The number of anilines is 1. The molecular formula is C28H27ClF3N3O2. The van der Waals surface area contributed by atoms with E-state index in [1.54, 1.807) is 30.3 Å². The first kappa shape index (κ1) is 25.4. The SMILES string of the molecule is FC(F)(F)c1cccc(C2=CN(CCN3CCOCC3)CN2c2ccc(Oc3ccc(Cl)cc3)cc2)c1. The molecule has 2 aliphatic heterocycles. The average molecular weight is 530 g/mol. The van der Waals surface area contributed by atoms with Gasteiger partial charge in [0.1, 0.15) is 11.5 Å². The van der Waals surface area contributed by atoms with Gasteiger partial charge in [0.25, 0.3) is 0 Å². The number of hydrogen-bond acceptors (Lipinski definition) is 5. The Kier molecular flexibility index (Phi) is 7.60. The summed E-state index contributed by atoms with van der Waals surface area (Å²) >= 11 is 5.94. The van der Waals surface area contributed by atoms with Gasteiger partial charge in [0, 0.05) is 48.7 Å². The van der Waals surface area contributed by atoms with Gasteiger partial charge in [-0.3, -0.25) is 4.90 Å². The van der Waals surface area contributed by atoms with Crippen LogP contribution in [0.15, 0.2) is 79.0 Å². The maximum Gasteiger partial charge on any atom is 0.416 e. The number of ether oxygens (including phenoxy) is 2. The van der Waals surface area contributed by atoms with E-state index in [9.17, 15) is 13.2 Å². The largest absolute Gasteiger partial charge is 0.457 e. The van der Waals surface area contributed by atoms with E-state index >= 15 is 0 Å². The molecule has 3 aromatic carbocycles. The van der Waals surface area contributed by atoms with Gasteiger partial charge in [-0.2, -0.15) is 13.2 Å². The summed E-state index contributed by atoms with van der Waals surface area (Å²) in [6, 6.07) is 20.1. The number of benzene rings is 3. The van der Waals surface area contributed by atoms with E-state index in [2.05, 4.69) is 9.80 Å². The molecule has 0 radical (unpaired) electrons. The Morgan fingerprint density at radius 1 is 0.865 bits per heavy atom. The van der Waals surface area contributed by atoms with Crippen LogP contribution < -0.4 is 9.64 Å². The molecule has 5 nitrogen and oxygen atoms in total. The molecule has 0 amide bonds. The topological polar surface area (TPSA) is 28.2 Å². The Bertz CT molecular complexity index is 1230. The third-order valence-electron chi connectivity index (χ3n) is 6.41. The van der Waals surface area contributed by atoms with E-state index in [-0.39, 0.29) is 0 Å². The third-order valence-corrected chi connectivity index (χ3v) is 6.66. The van der Waals surface area contributed by atoms with Crippen molar-refractivity contribution in [2.45, 2.75) is 6.18 Å². The highest BCUT2D eigenvalue weighted by molar-refractivity contribution is 6.30. The molecule has 0 unspecified atom stereocenters. The van der Waals surface area contributed by atoms with Crippen LogP contribution in [-0.4, -0.2) is 55.9 Å². The molecule has 1 saturated heterocycles. The van der Waals surface area contributed by atoms with Crippen LogP contribution in [0.2, 0.25) is 5.02 Å². The van der Waals surface area contributed by atoms with Crippen LogP contribution in [0.4, 0.5) is 18.9 Å². The van der Waals surface area contributed by atoms with E-state index < -0.39 is 11.7 Å². The Balaban J connectivity index is 1.37. The van der Waals surface area contributed by atoms with Crippen molar-refractivity contribution in [3.8, 4) is 11.5 Å². The summed E-state index contributed by atoms with van der Waals surface area (Å²) in [6.07, 6.45) is -2.45. The lowest BCUT2D eigenvalue weighted by Gasteiger charge is -2.29. The molecule has 0 aromatic heterocycles. The molecule has 2 heterocycles. The van der Waals surface area contributed by atoms with Crippen molar-refractivity contribution in [1.82, 2.24) is 9.80 Å². The van der Waals surface area contributed by atoms with E-state index in [4.69, 9.17) is 21.1 Å². The Labute approximate surface area is 219 Å². The normalized spacial score (nSPS) is 16.7. The number of halogens is 4. The van der Waals surface area contributed by atoms with Crippen LogP contribution >= 0.6 is 11.6 Å². The summed E-state index contributed by atoms with van der Waals surface area (Å²) in [5.41, 5.74) is 1.44. The lowest BCUT2D eigenvalue weighted by Crippen LogP contribution is -2.41. The highest BCUT2D eigenvalue weighted by Crippen LogP contribution is 2.36. The summed E-state index contributed by atoms with van der Waals surface area (Å²) < 4.78 is 51.7. The van der Waals surface area contributed by atoms with Crippen molar-refractivity contribution in [1.29, 1.82) is 0 Å². The number of alkyl halides is 3. The first-order chi connectivity index (χ1) is 17.8. The lowest BCUT2D eigenvalue weighted by atomic mass is 10.1. The molecule has 37 heavy (non-hydrogen) atoms. The van der Waals surface area contributed by atoms with Gasteiger partial charge in [0.05, 0.1) is 31.1 Å². The first-order valence-electron chi connectivity index (χ1n) is 12.1. The van der Waals surface area contributed by atoms with Crippen LogP contribution in [0.25, 0.3) is 5.70 Å². The Hall–Kier alpha value is -3.20. The van der Waals surface area contributed by atoms with Crippen LogP contribution in [0.3, 0.4) is 0 Å². The lowest BCUT2D eigenvalue weighted by molar-refractivity contribution is -0.137. The van der Waals surface area contributed by atoms with E-state index in [1.165, 1.54) is 12.1 Å². The van der Waals surface area contributed by atoms with Crippen molar-refractivity contribution in [3.63, 3.8) is 0 Å². The molecule has 9 heteroatoms. The van der Waals surface area contributed by atoms with Crippen molar-refractivity contribution in [2.24, 2.45) is 0 Å². The molecule has 0 N–H and O–H groups in total. The zero-order chi connectivity index (χ0) is 25.8. The molecule has 0 spiro atoms. The van der Waals surface area contributed by atoms with Crippen LogP contribution in [0.1, 0.15) is 11.1 Å². The van der Waals surface area contributed by atoms with E-state index in [0.717, 1.165) is 56.8 Å². The standard InChI is InChI=1S/C28H27ClF3N3O2/c29-23-4-8-25(9-5-23)37-26-10-6-24(7-11-26)35-20-34(13-12-33-14-16-36-17-15-33)19-27(35)21-2-1-3-22(18-21)28(30,31)32/h1-11,18-19H,12-17,20H2. The second-order valence-electron chi connectivity index (χ2n) is 8.98. The highest BCUT2D eigenvalue weighted by Gasteiger charge is 2.32. The van der Waals surface area contributed by atoms with Gasteiger partial charge < -0.3 is 19.3 Å². The van der Waals surface area contributed by atoms with Gasteiger partial charge in [0.2, 0.25) is 0 Å². The number of hydrogen-bond donors (Lipinski definition) is 0. The zero-order valence-electron chi connectivity index (χ0n) is 20.1. The number of rotatable bonds is 7. The quantitative estimate of drug-likeness (QED) is 0.345. The van der Waals surface area contributed by atoms with Crippen molar-refractivity contribution in [3.05, 3.63) is 95.1 Å². The van der Waals surface area contributed by atoms with Gasteiger partial charge in [-0.05, 0) is 60.7 Å². The van der Waals surface area contributed by atoms with Crippen molar-refractivity contribution in [2.75, 3.05) is 51.0 Å². The number of nitrogens with zero attached hydrogens (tertiary/aromatic N) is 3. The van der Waals surface area contributed by atoms with Crippen molar-refractivity contribution < 1.29 is 22.6 Å². The maximum atomic E-state index is 13.4. The smallest absolute Gasteiger partial charge is 0.416 e. The summed E-state index contributed by atoms with van der Waals surface area (Å²) in [6.45, 7) is 5.37. The first-order valence-corrected chi connectivity index (χ1v) is 12.5.